The molecule has 1 amide bonds. The summed E-state index contributed by atoms with van der Waals surface area (Å²) < 4.78 is 7.41. The minimum absolute atomic E-state index is 0.0438. The van der Waals surface area contributed by atoms with E-state index in [1.54, 1.807) is 0 Å². The van der Waals surface area contributed by atoms with E-state index in [2.05, 4.69) is 15.3 Å². The monoisotopic (exact) mass is 489 g/mol. The van der Waals surface area contributed by atoms with Gasteiger partial charge in [0.25, 0.3) is 5.91 Å². The fourth-order valence-corrected chi connectivity index (χ4v) is 4.51. The van der Waals surface area contributed by atoms with Crippen LogP contribution in [0.3, 0.4) is 0 Å². The minimum atomic E-state index is -0.907. The van der Waals surface area contributed by atoms with Gasteiger partial charge in [-0.3, -0.25) is 14.2 Å². The molecule has 10 heteroatoms. The fraction of sp³-hybridized carbons (Fsp3) is 0.200. The number of para-hydroxylation sites is 1. The predicted octanol–water partition coefficient (Wildman–Crippen LogP) is 3.10. The van der Waals surface area contributed by atoms with Crippen LogP contribution in [0.1, 0.15) is 27.6 Å². The molecule has 0 saturated carbocycles. The first-order valence-corrected chi connectivity index (χ1v) is 11.9. The molecule has 0 fully saturated rings. The first kappa shape index (κ1) is 23.1. The molecular formula is C25H23N5O4S. The Hall–Kier alpha value is -3.70. The standard InChI is InChI=1S/C25H23N5O4S/c31-12-17(32)14-34-13-16-15-35-25-29-23(11-30(16)25)18-6-4-5-7-19(18)28-24(33)22-10-26-20-8-2-1-3-9-21(20)27-22/h1-7,9-11,15,17,31-32H,8,12-14H2,(H,28,33). The van der Waals surface area contributed by atoms with Gasteiger partial charge in [-0.05, 0) is 12.1 Å². The van der Waals surface area contributed by atoms with Crippen molar-refractivity contribution in [1.82, 2.24) is 19.4 Å². The van der Waals surface area contributed by atoms with Crippen molar-refractivity contribution in [3.05, 3.63) is 83.0 Å². The average Bonchev–Trinajstić information content (AvgIpc) is 3.37. The third kappa shape index (κ3) is 5.05. The lowest BCUT2D eigenvalue weighted by Gasteiger charge is -2.10. The highest BCUT2D eigenvalue weighted by Gasteiger charge is 2.17. The number of rotatable bonds is 8. The van der Waals surface area contributed by atoms with Gasteiger partial charge in [-0.2, -0.15) is 0 Å². The van der Waals surface area contributed by atoms with E-state index in [1.807, 2.05) is 64.5 Å². The van der Waals surface area contributed by atoms with Gasteiger partial charge < -0.3 is 20.3 Å². The van der Waals surface area contributed by atoms with Crippen LogP contribution in [-0.2, 0) is 17.8 Å². The number of thiazole rings is 1. The smallest absolute Gasteiger partial charge is 0.275 e. The number of hydrogen-bond donors (Lipinski definition) is 3. The molecule has 0 radical (unpaired) electrons. The SMILES string of the molecule is O=C(Nc1ccccc1-c1cn2c(COCC(O)CO)csc2n1)c1cnc2c(n1)C=CC=CC2. The number of anilines is 1. The van der Waals surface area contributed by atoms with Crippen LogP contribution in [0.2, 0.25) is 0 Å². The molecule has 1 aliphatic carbocycles. The van der Waals surface area contributed by atoms with Crippen LogP contribution in [0.4, 0.5) is 5.69 Å². The first-order chi connectivity index (χ1) is 17.1. The van der Waals surface area contributed by atoms with Crippen molar-refractivity contribution in [1.29, 1.82) is 0 Å². The molecule has 178 valence electrons. The lowest BCUT2D eigenvalue weighted by Crippen LogP contribution is -2.19. The van der Waals surface area contributed by atoms with Gasteiger partial charge in [-0.25, -0.2) is 9.97 Å². The highest BCUT2D eigenvalue weighted by Crippen LogP contribution is 2.30. The van der Waals surface area contributed by atoms with Crippen molar-refractivity contribution in [3.8, 4) is 11.3 Å². The zero-order valence-electron chi connectivity index (χ0n) is 18.7. The quantitative estimate of drug-likeness (QED) is 0.348. The number of imidazole rings is 1. The van der Waals surface area contributed by atoms with Crippen molar-refractivity contribution < 1.29 is 19.7 Å². The summed E-state index contributed by atoms with van der Waals surface area (Å²) in [6.07, 6.45) is 10.8. The summed E-state index contributed by atoms with van der Waals surface area (Å²) in [6, 6.07) is 7.45. The summed E-state index contributed by atoms with van der Waals surface area (Å²) in [4.78, 5) is 27.4. The van der Waals surface area contributed by atoms with Gasteiger partial charge in [-0.15, -0.1) is 11.3 Å². The molecule has 3 aromatic heterocycles. The number of benzene rings is 1. The van der Waals surface area contributed by atoms with Crippen molar-refractivity contribution in [2.75, 3.05) is 18.5 Å². The molecule has 0 aliphatic heterocycles. The number of nitrogens with zero attached hydrogens (tertiary/aromatic N) is 4. The maximum Gasteiger partial charge on any atom is 0.275 e. The predicted molar refractivity (Wildman–Crippen MR) is 133 cm³/mol. The third-order valence-corrected chi connectivity index (χ3v) is 6.32. The number of fused-ring (bicyclic) bond motifs is 2. The number of aliphatic hydroxyl groups excluding tert-OH is 2. The van der Waals surface area contributed by atoms with Gasteiger partial charge in [0.2, 0.25) is 0 Å². The Morgan fingerprint density at radius 3 is 3.03 bits per heavy atom. The lowest BCUT2D eigenvalue weighted by atomic mass is 10.1. The molecule has 1 atom stereocenters. The van der Waals surface area contributed by atoms with Crippen molar-refractivity contribution in [3.63, 3.8) is 0 Å². The second-order valence-corrected chi connectivity index (χ2v) is 8.77. The maximum absolute atomic E-state index is 13.0. The number of allylic oxidation sites excluding steroid dienone is 3. The van der Waals surface area contributed by atoms with E-state index in [-0.39, 0.29) is 31.4 Å². The molecule has 3 N–H and O–H groups in total. The number of carbonyl (C=O) groups is 1. The molecule has 35 heavy (non-hydrogen) atoms. The van der Waals surface area contributed by atoms with Crippen LogP contribution in [0.5, 0.6) is 0 Å². The van der Waals surface area contributed by atoms with E-state index in [1.165, 1.54) is 17.5 Å². The molecule has 1 aromatic carbocycles. The van der Waals surface area contributed by atoms with Crippen molar-refractivity contribution in [2.45, 2.75) is 19.1 Å². The van der Waals surface area contributed by atoms with Gasteiger partial charge in [0.1, 0.15) is 11.8 Å². The van der Waals surface area contributed by atoms with Crippen LogP contribution in [0.25, 0.3) is 22.3 Å². The van der Waals surface area contributed by atoms with E-state index in [4.69, 9.17) is 14.8 Å². The molecule has 0 saturated heterocycles. The number of aromatic nitrogens is 4. The highest BCUT2D eigenvalue weighted by atomic mass is 32.1. The number of aliphatic hydroxyl groups is 2. The van der Waals surface area contributed by atoms with Gasteiger partial charge in [0.05, 0.1) is 54.5 Å². The van der Waals surface area contributed by atoms with Crippen LogP contribution in [0.15, 0.2) is 60.3 Å². The Bertz CT molecular complexity index is 1420. The molecule has 4 aromatic rings. The number of hydrogen-bond acceptors (Lipinski definition) is 8. The molecule has 1 unspecified atom stereocenters. The molecule has 0 bridgehead atoms. The maximum atomic E-state index is 13.0. The Balaban J connectivity index is 1.37. The van der Waals surface area contributed by atoms with E-state index < -0.39 is 6.10 Å². The second kappa shape index (κ2) is 10.3. The van der Waals surface area contributed by atoms with Gasteiger partial charge in [0, 0.05) is 23.6 Å². The summed E-state index contributed by atoms with van der Waals surface area (Å²) >= 11 is 1.47. The van der Waals surface area contributed by atoms with E-state index in [9.17, 15) is 9.90 Å². The Kier molecular flexibility index (Phi) is 6.77. The van der Waals surface area contributed by atoms with Gasteiger partial charge >= 0.3 is 0 Å². The summed E-state index contributed by atoms with van der Waals surface area (Å²) in [7, 11) is 0. The summed E-state index contributed by atoms with van der Waals surface area (Å²) in [5.41, 5.74) is 4.71. The first-order valence-electron chi connectivity index (χ1n) is 11.0. The lowest BCUT2D eigenvalue weighted by molar-refractivity contribution is -0.000928. The van der Waals surface area contributed by atoms with E-state index in [0.29, 0.717) is 23.5 Å². The molecule has 0 spiro atoms. The van der Waals surface area contributed by atoms with Crippen molar-refractivity contribution in [2.24, 2.45) is 0 Å². The molecular weight excluding hydrogens is 466 g/mol. The minimum Gasteiger partial charge on any atom is -0.394 e. The van der Waals surface area contributed by atoms with E-state index >= 15 is 0 Å². The highest BCUT2D eigenvalue weighted by molar-refractivity contribution is 7.15. The van der Waals surface area contributed by atoms with Crippen molar-refractivity contribution >= 4 is 34.0 Å². The Morgan fingerprint density at radius 2 is 2.14 bits per heavy atom. The number of nitrogens with one attached hydrogen (secondary N) is 1. The number of carbonyl (C=O) groups excluding carboxylic acids is 1. The largest absolute Gasteiger partial charge is 0.394 e. The number of ether oxygens (including phenoxy) is 1. The average molecular weight is 490 g/mol. The third-order valence-electron chi connectivity index (χ3n) is 5.43. The zero-order valence-corrected chi connectivity index (χ0v) is 19.5. The molecule has 5 rings (SSSR count). The summed E-state index contributed by atoms with van der Waals surface area (Å²) in [5.74, 6) is -0.351. The van der Waals surface area contributed by atoms with Gasteiger partial charge in [0.15, 0.2) is 4.96 Å². The molecule has 3 heterocycles. The normalized spacial score (nSPS) is 13.5. The van der Waals surface area contributed by atoms with Crippen LogP contribution in [0, 0.1) is 0 Å². The summed E-state index contributed by atoms with van der Waals surface area (Å²) in [5, 5.41) is 23.3. The second-order valence-electron chi connectivity index (χ2n) is 7.94. The Labute approximate surface area is 205 Å². The molecule has 1 aliphatic rings. The zero-order chi connectivity index (χ0) is 24.2. The van der Waals surface area contributed by atoms with E-state index in [0.717, 1.165) is 21.9 Å². The van der Waals surface area contributed by atoms with Crippen LogP contribution < -0.4 is 5.32 Å². The summed E-state index contributed by atoms with van der Waals surface area (Å²) in [6.45, 7) is -0.0317. The molecule has 9 nitrogen and oxygen atoms in total. The van der Waals surface area contributed by atoms with Crippen LogP contribution >= 0.6 is 11.3 Å². The van der Waals surface area contributed by atoms with Gasteiger partial charge in [-0.1, -0.05) is 36.4 Å². The fourth-order valence-electron chi connectivity index (χ4n) is 3.65. The number of amides is 1. The topological polar surface area (TPSA) is 122 Å². The Morgan fingerprint density at radius 1 is 1.26 bits per heavy atom. The van der Waals surface area contributed by atoms with Crippen LogP contribution in [-0.4, -0.2) is 54.8 Å².